The Bertz CT molecular complexity index is 773. The summed E-state index contributed by atoms with van der Waals surface area (Å²) in [5.74, 6) is -0.187. The Balaban J connectivity index is 1.64. The van der Waals surface area contributed by atoms with E-state index in [9.17, 15) is 24.3 Å². The molecule has 0 bridgehead atoms. The van der Waals surface area contributed by atoms with E-state index < -0.39 is 29.4 Å². The monoisotopic (exact) mass is 404 g/mol. The lowest BCUT2D eigenvalue weighted by Crippen LogP contribution is -2.62. The third-order valence-corrected chi connectivity index (χ3v) is 9.19. The van der Waals surface area contributed by atoms with Crippen molar-refractivity contribution in [2.24, 2.45) is 34.5 Å². The topological polar surface area (TPSA) is 97.7 Å². The summed E-state index contributed by atoms with van der Waals surface area (Å²) in [6, 6.07) is 0. The molecule has 0 aromatic carbocycles. The molecule has 4 fully saturated rings. The van der Waals surface area contributed by atoms with Gasteiger partial charge in [-0.2, -0.15) is 0 Å². The van der Waals surface area contributed by atoms with E-state index in [0.29, 0.717) is 31.5 Å². The predicted octanol–water partition coefficient (Wildman–Crippen LogP) is 2.64. The highest BCUT2D eigenvalue weighted by atomic mass is 16.5. The maximum Gasteiger partial charge on any atom is 0.303 e. The Morgan fingerprint density at radius 3 is 2.55 bits per heavy atom. The number of hydrogen-bond donors (Lipinski definition) is 1. The summed E-state index contributed by atoms with van der Waals surface area (Å²) >= 11 is 0. The number of fused-ring (bicyclic) bond motifs is 5. The first-order valence-corrected chi connectivity index (χ1v) is 11.0. The van der Waals surface area contributed by atoms with Crippen LogP contribution in [-0.2, 0) is 23.9 Å². The van der Waals surface area contributed by atoms with Crippen LogP contribution in [0.15, 0.2) is 0 Å². The molecule has 4 aliphatic carbocycles. The molecule has 4 aliphatic rings. The van der Waals surface area contributed by atoms with E-state index >= 15 is 0 Å². The van der Waals surface area contributed by atoms with Crippen LogP contribution in [0.4, 0.5) is 0 Å². The lowest BCUT2D eigenvalue weighted by atomic mass is 9.44. The zero-order chi connectivity index (χ0) is 21.2. The Kier molecular flexibility index (Phi) is 4.80. The van der Waals surface area contributed by atoms with Crippen molar-refractivity contribution in [3.05, 3.63) is 0 Å². The van der Waals surface area contributed by atoms with E-state index in [2.05, 4.69) is 6.92 Å². The number of esters is 1. The molecule has 0 aliphatic heterocycles. The molecule has 0 saturated heterocycles. The molecule has 160 valence electrons. The van der Waals surface area contributed by atoms with Crippen molar-refractivity contribution in [3.63, 3.8) is 0 Å². The molecule has 29 heavy (non-hydrogen) atoms. The summed E-state index contributed by atoms with van der Waals surface area (Å²) in [6.45, 7) is 4.86. The fraction of sp³-hybridized carbons (Fsp3) is 0.826. The van der Waals surface area contributed by atoms with Gasteiger partial charge in [-0.05, 0) is 55.3 Å². The van der Waals surface area contributed by atoms with Crippen molar-refractivity contribution in [3.8, 4) is 0 Å². The number of aliphatic hydroxyl groups is 1. The van der Waals surface area contributed by atoms with E-state index in [-0.39, 0.29) is 41.3 Å². The van der Waals surface area contributed by atoms with Crippen LogP contribution < -0.4 is 0 Å². The molecule has 0 aromatic rings. The van der Waals surface area contributed by atoms with Crippen LogP contribution in [0.1, 0.15) is 72.1 Å². The molecular weight excluding hydrogens is 372 g/mol. The lowest BCUT2D eigenvalue weighted by molar-refractivity contribution is -0.180. The van der Waals surface area contributed by atoms with Gasteiger partial charge in [0.2, 0.25) is 5.78 Å². The summed E-state index contributed by atoms with van der Waals surface area (Å²) < 4.78 is 4.87. The number of Topliss-reactive ketones (excluding diaryl/α,β-unsaturated/α-hetero) is 3. The zero-order valence-electron chi connectivity index (χ0n) is 17.7. The minimum absolute atomic E-state index is 0.0849. The standard InChI is InChI=1S/C23H32O6/c1-13(24)29-12-19(27)23(28)9-7-17-16-5-4-14-10-15(25)6-8-21(14,2)20(16)18(26)11-22(17,23)3/h14,16-17,20,28H,4-12H2,1-3H3/t14?,16-,17?,20+,21-,22-,23-/m0/s1. The van der Waals surface area contributed by atoms with Gasteiger partial charge in [-0.1, -0.05) is 13.8 Å². The first-order valence-electron chi connectivity index (χ1n) is 11.0. The van der Waals surface area contributed by atoms with E-state index in [1.54, 1.807) is 0 Å². The fourth-order valence-electron chi connectivity index (χ4n) is 7.61. The first kappa shape index (κ1) is 20.7. The number of ketones is 3. The average molecular weight is 405 g/mol. The normalized spacial score (nSPS) is 46.5. The van der Waals surface area contributed by atoms with Crippen LogP contribution >= 0.6 is 0 Å². The van der Waals surface area contributed by atoms with E-state index in [1.165, 1.54) is 6.92 Å². The van der Waals surface area contributed by atoms with E-state index in [0.717, 1.165) is 19.3 Å². The number of carbonyl (C=O) groups is 4. The van der Waals surface area contributed by atoms with Gasteiger partial charge in [-0.15, -0.1) is 0 Å². The SMILES string of the molecule is CC(=O)OCC(=O)[C@@]1(O)CCC2[C@@H]3CCC4CC(=O)CC[C@]4(C)[C@H]3C(=O)C[C@@]21C. The van der Waals surface area contributed by atoms with Gasteiger partial charge in [0, 0.05) is 37.5 Å². The molecule has 0 radical (unpaired) electrons. The van der Waals surface area contributed by atoms with Gasteiger partial charge in [0.05, 0.1) is 0 Å². The van der Waals surface area contributed by atoms with E-state index in [4.69, 9.17) is 4.74 Å². The quantitative estimate of drug-likeness (QED) is 0.726. The van der Waals surface area contributed by atoms with Gasteiger partial charge in [-0.3, -0.25) is 19.2 Å². The van der Waals surface area contributed by atoms with Crippen LogP contribution in [0, 0.1) is 34.5 Å². The van der Waals surface area contributed by atoms with Gasteiger partial charge < -0.3 is 9.84 Å². The van der Waals surface area contributed by atoms with Crippen LogP contribution in [-0.4, -0.2) is 40.6 Å². The zero-order valence-corrected chi connectivity index (χ0v) is 17.7. The second kappa shape index (κ2) is 6.73. The second-order valence-corrected chi connectivity index (χ2v) is 10.4. The molecule has 1 N–H and O–H groups in total. The van der Waals surface area contributed by atoms with Crippen molar-refractivity contribution < 1.29 is 29.0 Å². The van der Waals surface area contributed by atoms with E-state index in [1.807, 2.05) is 6.92 Å². The molecule has 4 rings (SSSR count). The maximum atomic E-state index is 13.5. The first-order chi connectivity index (χ1) is 13.5. The van der Waals surface area contributed by atoms with Crippen LogP contribution in [0.2, 0.25) is 0 Å². The highest BCUT2D eigenvalue weighted by Gasteiger charge is 2.69. The molecule has 6 heteroatoms. The summed E-state index contributed by atoms with van der Waals surface area (Å²) in [4.78, 5) is 49.5. The van der Waals surface area contributed by atoms with Gasteiger partial charge in [0.15, 0.2) is 6.61 Å². The molecule has 2 unspecified atom stereocenters. The van der Waals surface area contributed by atoms with Gasteiger partial charge in [-0.25, -0.2) is 0 Å². The summed E-state index contributed by atoms with van der Waals surface area (Å²) in [6.07, 6.45) is 4.90. The maximum absolute atomic E-state index is 13.5. The molecule has 7 atom stereocenters. The lowest BCUT2D eigenvalue weighted by Gasteiger charge is -2.59. The number of ether oxygens (including phenoxy) is 1. The number of hydrogen-bond acceptors (Lipinski definition) is 6. The smallest absolute Gasteiger partial charge is 0.303 e. The predicted molar refractivity (Wildman–Crippen MR) is 104 cm³/mol. The van der Waals surface area contributed by atoms with Crippen LogP contribution in [0.5, 0.6) is 0 Å². The number of rotatable bonds is 3. The van der Waals surface area contributed by atoms with Crippen molar-refractivity contribution in [2.75, 3.05) is 6.61 Å². The third kappa shape index (κ3) is 2.85. The van der Waals surface area contributed by atoms with Crippen molar-refractivity contribution in [1.29, 1.82) is 0 Å². The molecule has 0 spiro atoms. The minimum atomic E-state index is -1.63. The summed E-state index contributed by atoms with van der Waals surface area (Å²) in [5.41, 5.74) is -2.61. The second-order valence-electron chi connectivity index (χ2n) is 10.4. The minimum Gasteiger partial charge on any atom is -0.458 e. The highest BCUT2D eigenvalue weighted by molar-refractivity contribution is 5.93. The fourth-order valence-corrected chi connectivity index (χ4v) is 7.61. The van der Waals surface area contributed by atoms with Gasteiger partial charge in [0.1, 0.15) is 17.2 Å². The van der Waals surface area contributed by atoms with Gasteiger partial charge in [0.25, 0.3) is 0 Å². The number of carbonyl (C=O) groups excluding carboxylic acids is 4. The molecule has 0 heterocycles. The van der Waals surface area contributed by atoms with Gasteiger partial charge >= 0.3 is 5.97 Å². The molecule has 4 saturated carbocycles. The van der Waals surface area contributed by atoms with Crippen LogP contribution in [0.3, 0.4) is 0 Å². The third-order valence-electron chi connectivity index (χ3n) is 9.19. The summed E-state index contributed by atoms with van der Waals surface area (Å²) in [5, 5.41) is 11.4. The Hall–Kier alpha value is -1.56. The van der Waals surface area contributed by atoms with Crippen molar-refractivity contribution >= 4 is 23.3 Å². The largest absolute Gasteiger partial charge is 0.458 e. The molecule has 0 amide bonds. The summed E-state index contributed by atoms with van der Waals surface area (Å²) in [7, 11) is 0. The molecular formula is C23H32O6. The Morgan fingerprint density at radius 1 is 1.14 bits per heavy atom. The molecule has 6 nitrogen and oxygen atoms in total. The highest BCUT2D eigenvalue weighted by Crippen LogP contribution is 2.67. The van der Waals surface area contributed by atoms with Crippen molar-refractivity contribution in [2.45, 2.75) is 77.7 Å². The Labute approximate surface area is 171 Å². The average Bonchev–Trinajstić information content (AvgIpc) is 2.91. The Morgan fingerprint density at radius 2 is 1.86 bits per heavy atom. The van der Waals surface area contributed by atoms with Crippen LogP contribution in [0.25, 0.3) is 0 Å². The van der Waals surface area contributed by atoms with Crippen molar-refractivity contribution in [1.82, 2.24) is 0 Å². The molecule has 0 aromatic heterocycles.